The number of nitrogens with one attached hydrogen (secondary N) is 1. The van der Waals surface area contributed by atoms with Gasteiger partial charge in [-0.25, -0.2) is 4.79 Å². The first-order valence-corrected chi connectivity index (χ1v) is 6.29. The number of carbonyl (C=O) groups excluding carboxylic acids is 1. The maximum absolute atomic E-state index is 11.8. The fourth-order valence-electron chi connectivity index (χ4n) is 1.34. The van der Waals surface area contributed by atoms with Crippen molar-refractivity contribution < 1.29 is 24.4 Å². The quantitative estimate of drug-likeness (QED) is 0.444. The molecule has 21 heavy (non-hydrogen) atoms. The van der Waals surface area contributed by atoms with E-state index in [0.717, 1.165) is 12.1 Å². The number of aliphatic carboxylic acids is 1. The van der Waals surface area contributed by atoms with Gasteiger partial charge in [-0.3, -0.25) is 14.9 Å². The molecular weight excluding hydrogens is 327 g/mol. The molecule has 0 unspecified atom stereocenters. The molecule has 10 heteroatoms. The molecule has 2 N–H and O–H groups in total. The van der Waals surface area contributed by atoms with Crippen LogP contribution < -0.4 is 5.32 Å². The number of non-ortho nitro benzene ring substituents is 1. The summed E-state index contributed by atoms with van der Waals surface area (Å²) in [6.45, 7) is -0.500. The molecule has 0 aliphatic rings. The number of hydrogen-bond acceptors (Lipinski definition) is 5. The van der Waals surface area contributed by atoms with Crippen molar-refractivity contribution in [2.45, 2.75) is 0 Å². The molecule has 0 spiro atoms. The third-order valence-electron chi connectivity index (χ3n) is 2.23. The zero-order valence-electron chi connectivity index (χ0n) is 10.5. The van der Waals surface area contributed by atoms with Gasteiger partial charge in [0.15, 0.2) is 0 Å². The fourth-order valence-corrected chi connectivity index (χ4v) is 1.75. The number of carbonyl (C=O) groups is 2. The number of ether oxygens (including phenoxy) is 1. The minimum Gasteiger partial charge on any atom is -0.480 e. The first-order chi connectivity index (χ1) is 9.82. The highest BCUT2D eigenvalue weighted by atomic mass is 35.5. The van der Waals surface area contributed by atoms with Crippen LogP contribution in [0, 0.1) is 10.1 Å². The van der Waals surface area contributed by atoms with Crippen LogP contribution in [0.2, 0.25) is 10.0 Å². The van der Waals surface area contributed by atoms with Gasteiger partial charge < -0.3 is 15.2 Å². The predicted molar refractivity (Wildman–Crippen MR) is 73.9 cm³/mol. The number of nitrogens with zero attached hydrogens (tertiary/aromatic N) is 1. The Balaban J connectivity index is 2.69. The van der Waals surface area contributed by atoms with E-state index in [1.807, 2.05) is 0 Å². The molecule has 0 bridgehead atoms. The SMILES string of the molecule is O=C(O)COCCNC(=O)c1cc([N+](=O)[O-])cc(Cl)c1Cl. The lowest BCUT2D eigenvalue weighted by Gasteiger charge is -2.08. The van der Waals surface area contributed by atoms with Gasteiger partial charge in [0, 0.05) is 18.7 Å². The van der Waals surface area contributed by atoms with Crippen LogP contribution in [-0.2, 0) is 9.53 Å². The van der Waals surface area contributed by atoms with Crippen molar-refractivity contribution in [1.82, 2.24) is 5.32 Å². The summed E-state index contributed by atoms with van der Waals surface area (Å²) in [5.74, 6) is -1.81. The van der Waals surface area contributed by atoms with E-state index in [-0.39, 0.29) is 34.4 Å². The number of nitro benzene ring substituents is 1. The normalized spacial score (nSPS) is 10.2. The van der Waals surface area contributed by atoms with Gasteiger partial charge in [0.1, 0.15) is 6.61 Å². The lowest BCUT2D eigenvalue weighted by atomic mass is 10.2. The first-order valence-electron chi connectivity index (χ1n) is 5.54. The van der Waals surface area contributed by atoms with Crippen LogP contribution in [0.5, 0.6) is 0 Å². The van der Waals surface area contributed by atoms with Crippen molar-refractivity contribution in [1.29, 1.82) is 0 Å². The Kier molecular flexibility index (Phi) is 6.35. The van der Waals surface area contributed by atoms with Crippen molar-refractivity contribution in [3.8, 4) is 0 Å². The van der Waals surface area contributed by atoms with E-state index in [0.29, 0.717) is 0 Å². The number of nitro groups is 1. The Labute approximate surface area is 128 Å². The molecule has 0 fully saturated rings. The second-order valence-electron chi connectivity index (χ2n) is 3.75. The summed E-state index contributed by atoms with van der Waals surface area (Å²) in [7, 11) is 0. The van der Waals surface area contributed by atoms with E-state index in [1.54, 1.807) is 0 Å². The van der Waals surface area contributed by atoms with Gasteiger partial charge in [-0.05, 0) is 0 Å². The van der Waals surface area contributed by atoms with Gasteiger partial charge in [-0.15, -0.1) is 0 Å². The topological polar surface area (TPSA) is 119 Å². The van der Waals surface area contributed by atoms with E-state index in [4.69, 9.17) is 33.0 Å². The zero-order chi connectivity index (χ0) is 16.0. The lowest BCUT2D eigenvalue weighted by Crippen LogP contribution is -2.28. The molecule has 0 radical (unpaired) electrons. The van der Waals surface area contributed by atoms with Gasteiger partial charge in [0.25, 0.3) is 11.6 Å². The molecule has 0 saturated heterocycles. The summed E-state index contributed by atoms with van der Waals surface area (Å²) in [5, 5.41) is 21.2. The van der Waals surface area contributed by atoms with Crippen LogP contribution in [0.1, 0.15) is 10.4 Å². The Hall–Kier alpha value is -1.90. The van der Waals surface area contributed by atoms with Crippen LogP contribution in [0.15, 0.2) is 12.1 Å². The molecule has 114 valence electrons. The highest BCUT2D eigenvalue weighted by Crippen LogP contribution is 2.30. The number of halogens is 2. The Morgan fingerprint density at radius 2 is 2.05 bits per heavy atom. The van der Waals surface area contributed by atoms with Crippen LogP contribution in [0.3, 0.4) is 0 Å². The van der Waals surface area contributed by atoms with Gasteiger partial charge in [0.2, 0.25) is 0 Å². The molecule has 8 nitrogen and oxygen atoms in total. The molecule has 1 aromatic rings. The first kappa shape index (κ1) is 17.2. The summed E-state index contributed by atoms with van der Waals surface area (Å²) >= 11 is 11.5. The average Bonchev–Trinajstić information content (AvgIpc) is 2.40. The van der Waals surface area contributed by atoms with Gasteiger partial charge in [-0.1, -0.05) is 23.2 Å². The van der Waals surface area contributed by atoms with Gasteiger partial charge in [0.05, 0.1) is 27.1 Å². The van der Waals surface area contributed by atoms with E-state index in [1.165, 1.54) is 0 Å². The highest BCUT2D eigenvalue weighted by molar-refractivity contribution is 6.44. The molecule has 1 aromatic carbocycles. The molecular formula is C11H10Cl2N2O6. The van der Waals surface area contributed by atoms with Crippen molar-refractivity contribution in [2.75, 3.05) is 19.8 Å². The van der Waals surface area contributed by atoms with Gasteiger partial charge in [-0.2, -0.15) is 0 Å². The summed E-state index contributed by atoms with van der Waals surface area (Å²) in [6.07, 6.45) is 0. The number of amides is 1. The zero-order valence-corrected chi connectivity index (χ0v) is 12.0. The number of hydrogen-bond donors (Lipinski definition) is 2. The summed E-state index contributed by atoms with van der Waals surface area (Å²) in [4.78, 5) is 32.0. The number of carboxylic acids is 1. The maximum Gasteiger partial charge on any atom is 0.329 e. The number of carboxylic acid groups (broad SMARTS) is 1. The molecule has 0 atom stereocenters. The molecule has 0 heterocycles. The summed E-state index contributed by atoms with van der Waals surface area (Å²) in [5.41, 5.74) is -0.509. The average molecular weight is 337 g/mol. The summed E-state index contributed by atoms with van der Waals surface area (Å²) in [6, 6.07) is 2.04. The third kappa shape index (κ3) is 5.18. The van der Waals surface area contributed by atoms with Crippen LogP contribution in [0.25, 0.3) is 0 Å². The molecule has 1 amide bonds. The van der Waals surface area contributed by atoms with Crippen molar-refractivity contribution in [3.63, 3.8) is 0 Å². The minimum absolute atomic E-state index is 0.0166. The molecule has 0 saturated carbocycles. The monoisotopic (exact) mass is 336 g/mol. The summed E-state index contributed by atoms with van der Waals surface area (Å²) < 4.78 is 4.72. The van der Waals surface area contributed by atoms with E-state index in [9.17, 15) is 19.7 Å². The van der Waals surface area contributed by atoms with Crippen molar-refractivity contribution in [2.24, 2.45) is 0 Å². The Morgan fingerprint density at radius 1 is 1.38 bits per heavy atom. The lowest BCUT2D eigenvalue weighted by molar-refractivity contribution is -0.384. The number of rotatable bonds is 7. The van der Waals surface area contributed by atoms with E-state index in [2.05, 4.69) is 5.32 Å². The molecule has 0 aromatic heterocycles. The largest absolute Gasteiger partial charge is 0.480 e. The van der Waals surface area contributed by atoms with Crippen molar-refractivity contribution >= 4 is 40.8 Å². The molecule has 0 aliphatic carbocycles. The minimum atomic E-state index is -1.13. The smallest absolute Gasteiger partial charge is 0.329 e. The molecule has 0 aliphatic heterocycles. The third-order valence-corrected chi connectivity index (χ3v) is 3.03. The second-order valence-corrected chi connectivity index (χ2v) is 4.53. The Bertz CT molecular complexity index is 578. The van der Waals surface area contributed by atoms with Crippen LogP contribution in [0.4, 0.5) is 5.69 Å². The highest BCUT2D eigenvalue weighted by Gasteiger charge is 2.19. The maximum atomic E-state index is 11.8. The fraction of sp³-hybridized carbons (Fsp3) is 0.273. The van der Waals surface area contributed by atoms with E-state index < -0.39 is 23.4 Å². The molecule has 1 rings (SSSR count). The Morgan fingerprint density at radius 3 is 2.62 bits per heavy atom. The van der Waals surface area contributed by atoms with Gasteiger partial charge >= 0.3 is 5.97 Å². The predicted octanol–water partition coefficient (Wildman–Crippen LogP) is 1.73. The second kappa shape index (κ2) is 7.77. The van der Waals surface area contributed by atoms with Crippen molar-refractivity contribution in [3.05, 3.63) is 37.9 Å². The standard InChI is InChI=1S/C11H10Cl2N2O6/c12-8-4-6(15(19)20)3-7(10(8)13)11(18)14-1-2-21-5-9(16)17/h3-4H,1-2,5H2,(H,14,18)(H,16,17). The van der Waals surface area contributed by atoms with E-state index >= 15 is 0 Å². The van der Waals surface area contributed by atoms with Crippen LogP contribution >= 0.6 is 23.2 Å². The van der Waals surface area contributed by atoms with Crippen LogP contribution in [-0.4, -0.2) is 41.7 Å². The number of benzene rings is 1.